The SMILES string of the molecule is C1=CCC2=C3CN=NC3=CC2=C1. The lowest BCUT2D eigenvalue weighted by Crippen LogP contribution is -1.91. The van der Waals surface area contributed by atoms with Crippen LogP contribution in [0.3, 0.4) is 0 Å². The molecule has 3 rings (SSSR count). The van der Waals surface area contributed by atoms with Gasteiger partial charge in [-0.1, -0.05) is 18.2 Å². The van der Waals surface area contributed by atoms with Gasteiger partial charge < -0.3 is 0 Å². The highest BCUT2D eigenvalue weighted by Gasteiger charge is 2.24. The van der Waals surface area contributed by atoms with Crippen LogP contribution in [0, 0.1) is 0 Å². The smallest absolute Gasteiger partial charge is 0.0913 e. The lowest BCUT2D eigenvalue weighted by molar-refractivity contribution is 1.10. The monoisotopic (exact) mass is 156 g/mol. The maximum Gasteiger partial charge on any atom is 0.0913 e. The lowest BCUT2D eigenvalue weighted by Gasteiger charge is -2.06. The summed E-state index contributed by atoms with van der Waals surface area (Å²) in [6, 6.07) is 0. The summed E-state index contributed by atoms with van der Waals surface area (Å²) in [5, 5.41) is 8.09. The Bertz CT molecular complexity index is 392. The second kappa shape index (κ2) is 2.03. The second-order valence-electron chi connectivity index (χ2n) is 3.14. The van der Waals surface area contributed by atoms with Crippen molar-refractivity contribution in [2.75, 3.05) is 6.54 Å². The summed E-state index contributed by atoms with van der Waals surface area (Å²) in [4.78, 5) is 0. The highest BCUT2D eigenvalue weighted by molar-refractivity contribution is 5.62. The third kappa shape index (κ3) is 0.644. The van der Waals surface area contributed by atoms with Crippen LogP contribution in [0.25, 0.3) is 0 Å². The molecule has 0 radical (unpaired) electrons. The Morgan fingerprint density at radius 2 is 2.25 bits per heavy atom. The number of hydrogen-bond donors (Lipinski definition) is 0. The standard InChI is InChI=1S/C10H8N2/c1-2-4-8-7(3-1)5-10-9(8)6-11-12-10/h1-3,5H,4,6H2. The summed E-state index contributed by atoms with van der Waals surface area (Å²) in [7, 11) is 0. The lowest BCUT2D eigenvalue weighted by atomic mass is 9.99. The van der Waals surface area contributed by atoms with Gasteiger partial charge in [0, 0.05) is 5.57 Å². The molecule has 2 heteroatoms. The van der Waals surface area contributed by atoms with Crippen molar-refractivity contribution in [1.29, 1.82) is 0 Å². The molecule has 2 aliphatic carbocycles. The molecule has 0 bridgehead atoms. The average Bonchev–Trinajstić information content (AvgIpc) is 2.62. The van der Waals surface area contributed by atoms with Crippen LogP contribution in [-0.4, -0.2) is 6.54 Å². The fourth-order valence-corrected chi connectivity index (χ4v) is 1.85. The highest BCUT2D eigenvalue weighted by Crippen LogP contribution is 2.38. The van der Waals surface area contributed by atoms with E-state index >= 15 is 0 Å². The largest absolute Gasteiger partial charge is 0.184 e. The molecule has 0 fully saturated rings. The Kier molecular flexibility index (Phi) is 1.04. The molecule has 0 aromatic carbocycles. The zero-order valence-corrected chi connectivity index (χ0v) is 6.62. The first-order valence-electron chi connectivity index (χ1n) is 4.14. The third-order valence-electron chi connectivity index (χ3n) is 2.46. The van der Waals surface area contributed by atoms with Gasteiger partial charge in [0.2, 0.25) is 0 Å². The Hall–Kier alpha value is -1.44. The van der Waals surface area contributed by atoms with E-state index in [2.05, 4.69) is 34.5 Å². The summed E-state index contributed by atoms with van der Waals surface area (Å²) in [6.45, 7) is 0.784. The van der Waals surface area contributed by atoms with Gasteiger partial charge in [-0.25, -0.2) is 0 Å². The van der Waals surface area contributed by atoms with Crippen molar-refractivity contribution < 1.29 is 0 Å². The Labute approximate surface area is 70.7 Å². The van der Waals surface area contributed by atoms with Crippen LogP contribution < -0.4 is 0 Å². The van der Waals surface area contributed by atoms with Gasteiger partial charge in [0.25, 0.3) is 0 Å². The van der Waals surface area contributed by atoms with Gasteiger partial charge in [-0.15, -0.1) is 0 Å². The van der Waals surface area contributed by atoms with Crippen molar-refractivity contribution in [2.45, 2.75) is 6.42 Å². The Morgan fingerprint density at radius 1 is 1.25 bits per heavy atom. The first-order chi connectivity index (χ1) is 5.95. The van der Waals surface area contributed by atoms with Gasteiger partial charge in [0.05, 0.1) is 12.2 Å². The van der Waals surface area contributed by atoms with Crippen LogP contribution in [0.4, 0.5) is 0 Å². The van der Waals surface area contributed by atoms with Crippen LogP contribution in [0.15, 0.2) is 56.9 Å². The molecule has 0 saturated carbocycles. The average molecular weight is 156 g/mol. The Balaban J connectivity index is 2.21. The van der Waals surface area contributed by atoms with Crippen molar-refractivity contribution in [2.24, 2.45) is 10.2 Å². The van der Waals surface area contributed by atoms with Gasteiger partial charge in [-0.3, -0.25) is 0 Å². The van der Waals surface area contributed by atoms with Crippen molar-refractivity contribution in [3.05, 3.63) is 46.7 Å². The van der Waals surface area contributed by atoms with E-state index in [4.69, 9.17) is 0 Å². The molecule has 0 N–H and O–H groups in total. The maximum atomic E-state index is 4.08. The number of azo groups is 1. The minimum atomic E-state index is 0.784. The van der Waals surface area contributed by atoms with Crippen LogP contribution in [0.1, 0.15) is 6.42 Å². The van der Waals surface area contributed by atoms with Crippen molar-refractivity contribution in [3.63, 3.8) is 0 Å². The topological polar surface area (TPSA) is 24.7 Å². The Morgan fingerprint density at radius 3 is 3.25 bits per heavy atom. The van der Waals surface area contributed by atoms with Crippen LogP contribution in [-0.2, 0) is 0 Å². The number of fused-ring (bicyclic) bond motifs is 2. The van der Waals surface area contributed by atoms with E-state index in [0.29, 0.717) is 0 Å². The quantitative estimate of drug-likeness (QED) is 0.515. The number of allylic oxidation sites excluding steroid dienone is 6. The van der Waals surface area contributed by atoms with Crippen LogP contribution >= 0.6 is 0 Å². The minimum Gasteiger partial charge on any atom is -0.184 e. The van der Waals surface area contributed by atoms with E-state index in [9.17, 15) is 0 Å². The van der Waals surface area contributed by atoms with Crippen LogP contribution in [0.2, 0.25) is 0 Å². The second-order valence-corrected chi connectivity index (χ2v) is 3.14. The zero-order valence-electron chi connectivity index (χ0n) is 6.62. The number of nitrogens with zero attached hydrogens (tertiary/aromatic N) is 2. The normalized spacial score (nSPS) is 24.0. The molecule has 0 atom stereocenters. The van der Waals surface area contributed by atoms with Crippen molar-refractivity contribution in [1.82, 2.24) is 0 Å². The highest BCUT2D eigenvalue weighted by atomic mass is 15.1. The molecule has 0 amide bonds. The molecule has 0 spiro atoms. The first-order valence-corrected chi connectivity index (χ1v) is 4.14. The molecule has 0 saturated heterocycles. The molecule has 0 unspecified atom stereocenters. The third-order valence-corrected chi connectivity index (χ3v) is 2.46. The number of hydrogen-bond acceptors (Lipinski definition) is 2. The molecule has 58 valence electrons. The molecule has 0 aromatic rings. The van der Waals surface area contributed by atoms with Crippen molar-refractivity contribution in [3.8, 4) is 0 Å². The van der Waals surface area contributed by atoms with E-state index in [1.54, 1.807) is 0 Å². The van der Waals surface area contributed by atoms with Gasteiger partial charge in [-0.2, -0.15) is 10.2 Å². The predicted octanol–water partition coefficient (Wildman–Crippen LogP) is 2.53. The first kappa shape index (κ1) is 6.12. The zero-order chi connectivity index (χ0) is 7.97. The molecule has 1 heterocycles. The minimum absolute atomic E-state index is 0.784. The van der Waals surface area contributed by atoms with E-state index < -0.39 is 0 Å². The molecule has 1 aliphatic heterocycles. The van der Waals surface area contributed by atoms with E-state index in [0.717, 1.165) is 18.7 Å². The molecular weight excluding hydrogens is 148 g/mol. The van der Waals surface area contributed by atoms with Crippen molar-refractivity contribution >= 4 is 0 Å². The van der Waals surface area contributed by atoms with E-state index in [-0.39, 0.29) is 0 Å². The summed E-state index contributed by atoms with van der Waals surface area (Å²) < 4.78 is 0. The van der Waals surface area contributed by atoms with Gasteiger partial charge >= 0.3 is 0 Å². The van der Waals surface area contributed by atoms with E-state index in [1.807, 2.05) is 0 Å². The summed E-state index contributed by atoms with van der Waals surface area (Å²) in [5.41, 5.74) is 5.18. The number of rotatable bonds is 0. The van der Waals surface area contributed by atoms with Gasteiger partial charge in [0.15, 0.2) is 0 Å². The van der Waals surface area contributed by atoms with Gasteiger partial charge in [-0.05, 0) is 23.6 Å². The molecular formula is C10H8N2. The predicted molar refractivity (Wildman–Crippen MR) is 46.7 cm³/mol. The fourth-order valence-electron chi connectivity index (χ4n) is 1.85. The molecule has 12 heavy (non-hydrogen) atoms. The fraction of sp³-hybridized carbons (Fsp3) is 0.200. The molecule has 3 aliphatic rings. The summed E-state index contributed by atoms with van der Waals surface area (Å²) in [5.74, 6) is 0. The maximum absolute atomic E-state index is 4.08. The summed E-state index contributed by atoms with van der Waals surface area (Å²) >= 11 is 0. The van der Waals surface area contributed by atoms with E-state index in [1.165, 1.54) is 16.7 Å². The van der Waals surface area contributed by atoms with Gasteiger partial charge in [0.1, 0.15) is 0 Å². The molecule has 0 aromatic heterocycles. The van der Waals surface area contributed by atoms with Crippen LogP contribution in [0.5, 0.6) is 0 Å². The summed E-state index contributed by atoms with van der Waals surface area (Å²) in [6.07, 6.45) is 9.61. The molecule has 2 nitrogen and oxygen atoms in total.